The molecule has 0 radical (unpaired) electrons. The summed E-state index contributed by atoms with van der Waals surface area (Å²) in [6.07, 6.45) is 5.42. The summed E-state index contributed by atoms with van der Waals surface area (Å²) in [5.74, 6) is 2.23. The SMILES string of the molecule is Cc1ccc[nH+]c1N.Cc1ccc[nH+]c1N.Cc1ccc[nH+]c1N.O=[As]([O-])([O-])[O-]. The van der Waals surface area contributed by atoms with Crippen LogP contribution in [0.25, 0.3) is 0 Å². The van der Waals surface area contributed by atoms with Gasteiger partial charge in [0.25, 0.3) is 17.5 Å². The molecular weight excluding hydrogens is 439 g/mol. The van der Waals surface area contributed by atoms with Gasteiger partial charge in [0.05, 0.1) is 18.6 Å². The molecule has 10 nitrogen and oxygen atoms in total. The van der Waals surface area contributed by atoms with E-state index in [4.69, 9.17) is 33.2 Å². The molecule has 3 rings (SSSR count). The summed E-state index contributed by atoms with van der Waals surface area (Å²) < 4.78 is 34.4. The summed E-state index contributed by atoms with van der Waals surface area (Å²) >= 11 is -5.88. The van der Waals surface area contributed by atoms with E-state index in [0.717, 1.165) is 34.1 Å². The van der Waals surface area contributed by atoms with Crippen molar-refractivity contribution in [1.82, 2.24) is 0 Å². The van der Waals surface area contributed by atoms with Crippen molar-refractivity contribution in [2.75, 3.05) is 17.2 Å². The third-order valence-electron chi connectivity index (χ3n) is 3.32. The zero-order valence-electron chi connectivity index (χ0n) is 16.5. The van der Waals surface area contributed by atoms with Crippen molar-refractivity contribution in [3.63, 3.8) is 0 Å². The number of pyridine rings is 3. The Morgan fingerprint density at radius 3 is 0.966 bits per heavy atom. The van der Waals surface area contributed by atoms with E-state index in [1.807, 2.05) is 75.8 Å². The molecule has 0 bridgehead atoms. The van der Waals surface area contributed by atoms with Crippen LogP contribution in [0, 0.1) is 20.8 Å². The van der Waals surface area contributed by atoms with Crippen molar-refractivity contribution in [2.45, 2.75) is 20.8 Å². The number of anilines is 3. The minimum atomic E-state index is -5.88. The van der Waals surface area contributed by atoms with Crippen LogP contribution in [0.4, 0.5) is 17.5 Å². The van der Waals surface area contributed by atoms with Crippen molar-refractivity contribution in [3.8, 4) is 0 Å². The average molecular weight is 466 g/mol. The predicted molar refractivity (Wildman–Crippen MR) is 103 cm³/mol. The maximum absolute atomic E-state index is 8.61. The fraction of sp³-hybridized carbons (Fsp3) is 0.167. The number of rotatable bonds is 0. The van der Waals surface area contributed by atoms with E-state index in [1.165, 1.54) is 0 Å². The molecule has 0 fully saturated rings. The number of nitrogen functional groups attached to an aromatic ring is 3. The van der Waals surface area contributed by atoms with Crippen LogP contribution in [0.15, 0.2) is 55.0 Å². The molecule has 3 aromatic heterocycles. The van der Waals surface area contributed by atoms with E-state index >= 15 is 0 Å². The van der Waals surface area contributed by atoms with Crippen molar-refractivity contribution in [3.05, 3.63) is 71.7 Å². The van der Waals surface area contributed by atoms with Gasteiger partial charge >= 0.3 is 30.5 Å². The second-order valence-electron chi connectivity index (χ2n) is 5.75. The molecular formula is C18H27AsN6O4. The molecule has 0 aliphatic rings. The normalized spacial score (nSPS) is 9.59. The number of hydrogen-bond donors (Lipinski definition) is 3. The topological polar surface area (TPSA) is 207 Å². The average Bonchev–Trinajstić information content (AvgIpc) is 2.62. The standard InChI is InChI=1S/3C6H8N2.AsH3O4/c3*1-5-3-2-4-8-6(5)7;2-1(3,4)5/h3*2-4H,1H3,(H2,7,8);(H3,2,3,4,5). The Morgan fingerprint density at radius 2 is 0.862 bits per heavy atom. The van der Waals surface area contributed by atoms with Crippen molar-refractivity contribution in [1.29, 1.82) is 0 Å². The van der Waals surface area contributed by atoms with Crippen molar-refractivity contribution in [2.24, 2.45) is 0 Å². The monoisotopic (exact) mass is 466 g/mol. The van der Waals surface area contributed by atoms with Gasteiger partial charge in [-0.3, -0.25) is 17.2 Å². The number of hydrogen-bond acceptors (Lipinski definition) is 7. The molecule has 0 saturated carbocycles. The number of H-pyrrole nitrogens is 3. The second kappa shape index (κ2) is 13.3. The number of nitrogens with two attached hydrogens (primary N) is 3. The first-order chi connectivity index (χ1) is 13.4. The molecule has 158 valence electrons. The Balaban J connectivity index is 0.000000367. The van der Waals surface area contributed by atoms with E-state index in [2.05, 4.69) is 15.0 Å². The van der Waals surface area contributed by atoms with Crippen LogP contribution in [0.1, 0.15) is 16.7 Å². The number of nitrogens with one attached hydrogen (secondary N) is 3. The van der Waals surface area contributed by atoms with Gasteiger partial charge in [-0.1, -0.05) is 0 Å². The van der Waals surface area contributed by atoms with E-state index < -0.39 is 14.5 Å². The molecule has 0 unspecified atom stereocenters. The molecule has 0 aliphatic heterocycles. The first-order valence-corrected chi connectivity index (χ1v) is 11.4. The van der Waals surface area contributed by atoms with Crippen molar-refractivity contribution < 1.29 is 31.0 Å². The molecule has 3 aromatic rings. The molecule has 0 aromatic carbocycles. The summed E-state index contributed by atoms with van der Waals surface area (Å²) in [5.41, 5.74) is 19.7. The molecule has 11 heteroatoms. The van der Waals surface area contributed by atoms with Crippen LogP contribution in [0.2, 0.25) is 0 Å². The summed E-state index contributed by atoms with van der Waals surface area (Å²) in [4.78, 5) is 8.63. The minimum absolute atomic E-state index is 0.743. The number of aromatic amines is 3. The van der Waals surface area contributed by atoms with E-state index in [9.17, 15) is 0 Å². The van der Waals surface area contributed by atoms with Gasteiger partial charge in [0, 0.05) is 16.7 Å². The van der Waals surface area contributed by atoms with E-state index in [1.54, 1.807) is 0 Å². The van der Waals surface area contributed by atoms with Gasteiger partial charge in [0.15, 0.2) is 0 Å². The van der Waals surface area contributed by atoms with Crippen molar-refractivity contribution >= 4 is 32.0 Å². The third kappa shape index (κ3) is 14.8. The molecule has 0 saturated heterocycles. The Bertz CT molecular complexity index is 745. The second-order valence-corrected chi connectivity index (χ2v) is 7.62. The molecule has 0 spiro atoms. The molecule has 0 amide bonds. The molecule has 9 N–H and O–H groups in total. The Hall–Kier alpha value is -2.91. The van der Waals surface area contributed by atoms with Gasteiger partial charge in [0.2, 0.25) is 0 Å². The van der Waals surface area contributed by atoms with Gasteiger partial charge in [-0.2, -0.15) is 0 Å². The Labute approximate surface area is 172 Å². The fourth-order valence-electron chi connectivity index (χ4n) is 1.60. The molecule has 0 atom stereocenters. The van der Waals surface area contributed by atoms with Gasteiger partial charge in [0.1, 0.15) is 0 Å². The van der Waals surface area contributed by atoms with E-state index in [0.29, 0.717) is 0 Å². The fourth-order valence-corrected chi connectivity index (χ4v) is 1.60. The van der Waals surface area contributed by atoms with Crippen LogP contribution < -0.4 is 44.4 Å². The van der Waals surface area contributed by atoms with Gasteiger partial charge in [-0.05, 0) is 57.2 Å². The van der Waals surface area contributed by atoms with Crippen LogP contribution in [-0.2, 0) is 3.74 Å². The number of aromatic nitrogens is 3. The van der Waals surface area contributed by atoms with Crippen LogP contribution >= 0.6 is 0 Å². The van der Waals surface area contributed by atoms with Crippen LogP contribution in [0.3, 0.4) is 0 Å². The molecule has 29 heavy (non-hydrogen) atoms. The zero-order valence-corrected chi connectivity index (χ0v) is 18.4. The molecule has 0 aliphatic carbocycles. The van der Waals surface area contributed by atoms with Gasteiger partial charge in [-0.25, -0.2) is 15.0 Å². The van der Waals surface area contributed by atoms with Gasteiger partial charge < -0.3 is 0 Å². The quantitative estimate of drug-likeness (QED) is 0.294. The first kappa shape index (κ1) is 26.1. The Morgan fingerprint density at radius 1 is 0.655 bits per heavy atom. The van der Waals surface area contributed by atoms with Crippen LogP contribution in [-0.4, -0.2) is 14.5 Å². The zero-order chi connectivity index (χ0) is 22.4. The van der Waals surface area contributed by atoms with E-state index in [-0.39, 0.29) is 0 Å². The predicted octanol–water partition coefficient (Wildman–Crippen LogP) is -2.89. The summed E-state index contributed by atoms with van der Waals surface area (Å²) in [6, 6.07) is 11.7. The maximum atomic E-state index is 8.61. The molecule has 3 heterocycles. The van der Waals surface area contributed by atoms with Crippen LogP contribution in [0.5, 0.6) is 0 Å². The summed E-state index contributed by atoms with van der Waals surface area (Å²) in [6.45, 7) is 5.89. The first-order valence-electron chi connectivity index (χ1n) is 8.33. The van der Waals surface area contributed by atoms with Gasteiger partial charge in [-0.15, -0.1) is 0 Å². The third-order valence-corrected chi connectivity index (χ3v) is 3.32. The number of aryl methyl sites for hydroxylation is 3. The Kier molecular flexibility index (Phi) is 12.0. The summed E-state index contributed by atoms with van der Waals surface area (Å²) in [5, 5.41) is 0. The summed E-state index contributed by atoms with van der Waals surface area (Å²) in [7, 11) is 0.